The third-order valence-corrected chi connectivity index (χ3v) is 2.58. The summed E-state index contributed by atoms with van der Waals surface area (Å²) in [6.07, 6.45) is 0. The van der Waals surface area contributed by atoms with Gasteiger partial charge in [-0.3, -0.25) is 0 Å². The summed E-state index contributed by atoms with van der Waals surface area (Å²) in [5.41, 5.74) is 5.88. The minimum atomic E-state index is 0.979. The third kappa shape index (κ3) is 1.85. The van der Waals surface area contributed by atoms with Crippen molar-refractivity contribution in [2.75, 3.05) is 0 Å². The normalized spacial score (nSPS) is 9.54. The average Bonchev–Trinajstić information content (AvgIpc) is 2.09. The molecule has 1 aromatic carbocycles. The van der Waals surface area contributed by atoms with E-state index in [4.69, 9.17) is 0 Å². The number of isothiocyanates is 1. The SMILES string of the molecule is Cc1cc(C)c(C)c(N=C=S)c1C. The molecule has 0 bridgehead atoms. The van der Waals surface area contributed by atoms with E-state index in [2.05, 4.69) is 56.1 Å². The van der Waals surface area contributed by atoms with Crippen LogP contribution < -0.4 is 0 Å². The van der Waals surface area contributed by atoms with Gasteiger partial charge in [0, 0.05) is 0 Å². The molecule has 0 spiro atoms. The zero-order valence-electron chi connectivity index (χ0n) is 8.43. The number of nitrogens with zero attached hydrogens (tertiary/aromatic N) is 1. The maximum absolute atomic E-state index is 4.62. The van der Waals surface area contributed by atoms with Crippen molar-refractivity contribution in [2.24, 2.45) is 4.99 Å². The highest BCUT2D eigenvalue weighted by atomic mass is 32.1. The van der Waals surface area contributed by atoms with Crippen LogP contribution in [0.3, 0.4) is 0 Å². The fourth-order valence-corrected chi connectivity index (χ4v) is 1.50. The molecule has 2 heteroatoms. The van der Waals surface area contributed by atoms with Crippen LogP contribution in [0.25, 0.3) is 0 Å². The molecular formula is C11H13NS. The second kappa shape index (κ2) is 3.82. The van der Waals surface area contributed by atoms with Gasteiger partial charge >= 0.3 is 0 Å². The quantitative estimate of drug-likeness (QED) is 0.487. The van der Waals surface area contributed by atoms with Crippen LogP contribution in [0.5, 0.6) is 0 Å². The van der Waals surface area contributed by atoms with Gasteiger partial charge in [0.15, 0.2) is 0 Å². The van der Waals surface area contributed by atoms with Gasteiger partial charge in [-0.05, 0) is 62.2 Å². The molecule has 0 heterocycles. The summed E-state index contributed by atoms with van der Waals surface area (Å²) in [6.45, 7) is 8.30. The van der Waals surface area contributed by atoms with Crippen LogP contribution in [-0.4, -0.2) is 5.16 Å². The van der Waals surface area contributed by atoms with Crippen LogP contribution in [0.1, 0.15) is 22.3 Å². The lowest BCUT2D eigenvalue weighted by Crippen LogP contribution is -1.89. The van der Waals surface area contributed by atoms with Gasteiger partial charge in [0.1, 0.15) is 0 Å². The van der Waals surface area contributed by atoms with E-state index in [0.717, 1.165) is 5.69 Å². The molecule has 0 radical (unpaired) electrons. The van der Waals surface area contributed by atoms with Gasteiger partial charge in [-0.2, -0.15) is 4.99 Å². The van der Waals surface area contributed by atoms with Gasteiger partial charge in [0.05, 0.1) is 10.8 Å². The molecule has 0 aromatic heterocycles. The van der Waals surface area contributed by atoms with Crippen LogP contribution >= 0.6 is 12.2 Å². The van der Waals surface area contributed by atoms with Crippen LogP contribution in [0.4, 0.5) is 5.69 Å². The maximum atomic E-state index is 4.62. The fourth-order valence-electron chi connectivity index (χ4n) is 1.41. The Hall–Kier alpha value is -0.980. The molecule has 68 valence electrons. The van der Waals surface area contributed by atoms with E-state index in [1.807, 2.05) is 0 Å². The van der Waals surface area contributed by atoms with Gasteiger partial charge in [-0.15, -0.1) is 0 Å². The van der Waals surface area contributed by atoms with E-state index < -0.39 is 0 Å². The van der Waals surface area contributed by atoms with Gasteiger partial charge < -0.3 is 0 Å². The molecule has 13 heavy (non-hydrogen) atoms. The van der Waals surface area contributed by atoms with E-state index in [1.54, 1.807) is 0 Å². The molecule has 0 fully saturated rings. The van der Waals surface area contributed by atoms with Gasteiger partial charge in [-0.1, -0.05) is 6.07 Å². The number of aryl methyl sites for hydroxylation is 2. The van der Waals surface area contributed by atoms with Gasteiger partial charge in [0.25, 0.3) is 0 Å². The monoisotopic (exact) mass is 191 g/mol. The van der Waals surface area contributed by atoms with Gasteiger partial charge in [-0.25, -0.2) is 0 Å². The topological polar surface area (TPSA) is 12.4 Å². The Morgan fingerprint density at radius 3 is 1.92 bits per heavy atom. The number of hydrogen-bond donors (Lipinski definition) is 0. The molecule has 0 aliphatic rings. The molecule has 1 nitrogen and oxygen atoms in total. The van der Waals surface area contributed by atoms with Crippen molar-refractivity contribution in [1.29, 1.82) is 0 Å². The second-order valence-corrected chi connectivity index (χ2v) is 3.49. The number of aliphatic imine (C=N–C) groups is 1. The van der Waals surface area contributed by atoms with Crippen molar-refractivity contribution in [3.63, 3.8) is 0 Å². The third-order valence-electron chi connectivity index (χ3n) is 2.48. The van der Waals surface area contributed by atoms with Crippen molar-refractivity contribution in [2.45, 2.75) is 27.7 Å². The van der Waals surface area contributed by atoms with Crippen LogP contribution in [0, 0.1) is 27.7 Å². The molecular weight excluding hydrogens is 178 g/mol. The molecule has 0 aliphatic heterocycles. The van der Waals surface area contributed by atoms with E-state index in [9.17, 15) is 0 Å². The van der Waals surface area contributed by atoms with Crippen LogP contribution in [0.15, 0.2) is 11.1 Å². The Morgan fingerprint density at radius 1 is 1.08 bits per heavy atom. The molecule has 0 aliphatic carbocycles. The Balaban J connectivity index is 3.55. The summed E-state index contributed by atoms with van der Waals surface area (Å²) < 4.78 is 0. The number of hydrogen-bond acceptors (Lipinski definition) is 2. The lowest BCUT2D eigenvalue weighted by molar-refractivity contribution is 1.22. The van der Waals surface area contributed by atoms with Crippen LogP contribution in [-0.2, 0) is 0 Å². The fraction of sp³-hybridized carbons (Fsp3) is 0.364. The van der Waals surface area contributed by atoms with E-state index in [1.165, 1.54) is 22.3 Å². The summed E-state index contributed by atoms with van der Waals surface area (Å²) in [5.74, 6) is 0. The predicted molar refractivity (Wildman–Crippen MR) is 60.1 cm³/mol. The van der Waals surface area contributed by atoms with E-state index >= 15 is 0 Å². The lowest BCUT2D eigenvalue weighted by atomic mass is 9.99. The first-order valence-corrected chi connectivity index (χ1v) is 4.64. The number of rotatable bonds is 1. The van der Waals surface area contributed by atoms with Crippen molar-refractivity contribution >= 4 is 23.1 Å². The molecule has 0 unspecified atom stereocenters. The summed E-state index contributed by atoms with van der Waals surface area (Å²) >= 11 is 4.62. The molecule has 1 aromatic rings. The van der Waals surface area contributed by atoms with Crippen molar-refractivity contribution in [3.05, 3.63) is 28.3 Å². The molecule has 0 N–H and O–H groups in total. The highest BCUT2D eigenvalue weighted by Gasteiger charge is 2.06. The summed E-state index contributed by atoms with van der Waals surface area (Å²) in [4.78, 5) is 4.09. The van der Waals surface area contributed by atoms with E-state index in [-0.39, 0.29) is 0 Å². The first-order valence-electron chi connectivity index (χ1n) is 4.23. The van der Waals surface area contributed by atoms with Crippen molar-refractivity contribution < 1.29 is 0 Å². The average molecular weight is 191 g/mol. The molecule has 1 rings (SSSR count). The largest absolute Gasteiger partial charge is 0.194 e. The Kier molecular flexibility index (Phi) is 2.97. The lowest BCUT2D eigenvalue weighted by Gasteiger charge is -2.09. The highest BCUT2D eigenvalue weighted by Crippen LogP contribution is 2.28. The van der Waals surface area contributed by atoms with Crippen LogP contribution in [0.2, 0.25) is 0 Å². The Labute approximate surface area is 84.5 Å². The standard InChI is InChI=1S/C11H13NS/c1-7-5-8(2)10(4)11(9(7)3)12-6-13/h5H,1-4H3. The molecule has 0 saturated heterocycles. The first-order chi connectivity index (χ1) is 6.07. The predicted octanol–water partition coefficient (Wildman–Crippen LogP) is 3.65. The Morgan fingerprint density at radius 2 is 1.54 bits per heavy atom. The Bertz CT molecular complexity index is 361. The summed E-state index contributed by atoms with van der Waals surface area (Å²) in [6, 6.07) is 2.17. The first kappa shape index (κ1) is 10.1. The minimum absolute atomic E-state index is 0.979. The number of thiocarbonyl (C=S) groups is 1. The zero-order chi connectivity index (χ0) is 10.0. The smallest absolute Gasteiger partial charge is 0.0803 e. The van der Waals surface area contributed by atoms with Crippen molar-refractivity contribution in [3.8, 4) is 0 Å². The highest BCUT2D eigenvalue weighted by molar-refractivity contribution is 7.78. The summed E-state index contributed by atoms with van der Waals surface area (Å²) in [7, 11) is 0. The molecule has 0 atom stereocenters. The molecule has 0 saturated carbocycles. The van der Waals surface area contributed by atoms with E-state index in [0.29, 0.717) is 0 Å². The zero-order valence-corrected chi connectivity index (χ0v) is 9.25. The summed E-state index contributed by atoms with van der Waals surface area (Å²) in [5, 5.41) is 2.43. The number of benzene rings is 1. The molecule has 0 amide bonds. The minimum Gasteiger partial charge on any atom is -0.194 e. The maximum Gasteiger partial charge on any atom is 0.0803 e. The van der Waals surface area contributed by atoms with Gasteiger partial charge in [0.2, 0.25) is 0 Å². The second-order valence-electron chi connectivity index (χ2n) is 3.31. The van der Waals surface area contributed by atoms with Crippen molar-refractivity contribution in [1.82, 2.24) is 0 Å².